The molecule has 0 aromatic rings. The molecule has 2 nitrogen and oxygen atoms in total. The van der Waals surface area contributed by atoms with Gasteiger partial charge in [-0.1, -0.05) is 104 Å². The molecule has 0 aliphatic rings. The number of rotatable bonds is 20. The lowest BCUT2D eigenvalue weighted by Crippen LogP contribution is -2.14. The summed E-state index contributed by atoms with van der Waals surface area (Å²) >= 11 is 0. The molecular formula is C22H46O2. The van der Waals surface area contributed by atoms with Gasteiger partial charge in [0.1, 0.15) is 0 Å². The van der Waals surface area contributed by atoms with Crippen molar-refractivity contribution in [2.45, 2.75) is 130 Å². The molecule has 24 heavy (non-hydrogen) atoms. The summed E-state index contributed by atoms with van der Waals surface area (Å²) in [4.78, 5) is 0. The van der Waals surface area contributed by atoms with Gasteiger partial charge in [-0.15, -0.1) is 0 Å². The SMILES string of the molecule is CCCCCCCCCCOC(C)OCCCCCCCCCC. The Labute approximate surface area is 153 Å². The number of unbranched alkanes of at least 4 members (excludes halogenated alkanes) is 14. The van der Waals surface area contributed by atoms with Gasteiger partial charge in [0, 0.05) is 13.2 Å². The van der Waals surface area contributed by atoms with E-state index in [1.165, 1.54) is 103 Å². The molecule has 0 aromatic heterocycles. The van der Waals surface area contributed by atoms with Gasteiger partial charge in [-0.2, -0.15) is 0 Å². The lowest BCUT2D eigenvalue weighted by atomic mass is 10.1. The Morgan fingerprint density at radius 3 is 1.08 bits per heavy atom. The zero-order chi connectivity index (χ0) is 17.7. The summed E-state index contributed by atoms with van der Waals surface area (Å²) in [5.74, 6) is 0. The Balaban J connectivity index is 3.12. The van der Waals surface area contributed by atoms with Gasteiger partial charge >= 0.3 is 0 Å². The van der Waals surface area contributed by atoms with Crippen molar-refractivity contribution in [2.75, 3.05) is 13.2 Å². The van der Waals surface area contributed by atoms with Gasteiger partial charge < -0.3 is 9.47 Å². The minimum Gasteiger partial charge on any atom is -0.353 e. The van der Waals surface area contributed by atoms with E-state index in [9.17, 15) is 0 Å². The van der Waals surface area contributed by atoms with E-state index in [-0.39, 0.29) is 6.29 Å². The van der Waals surface area contributed by atoms with E-state index in [0.29, 0.717) is 0 Å². The minimum absolute atomic E-state index is 0.0286. The summed E-state index contributed by atoms with van der Waals surface area (Å²) in [5, 5.41) is 0. The molecule has 0 rings (SSSR count). The van der Waals surface area contributed by atoms with Crippen LogP contribution in [0.4, 0.5) is 0 Å². The summed E-state index contributed by atoms with van der Waals surface area (Å²) in [6.45, 7) is 8.29. The quantitative estimate of drug-likeness (QED) is 0.167. The molecule has 0 bridgehead atoms. The van der Waals surface area contributed by atoms with Crippen LogP contribution in [0.15, 0.2) is 0 Å². The molecule has 0 N–H and O–H groups in total. The predicted molar refractivity (Wildman–Crippen MR) is 107 cm³/mol. The minimum atomic E-state index is -0.0286. The first-order valence-electron chi connectivity index (χ1n) is 11.0. The van der Waals surface area contributed by atoms with Gasteiger partial charge in [-0.25, -0.2) is 0 Å². The molecule has 0 unspecified atom stereocenters. The highest BCUT2D eigenvalue weighted by Crippen LogP contribution is 2.10. The molecule has 0 saturated heterocycles. The second-order valence-corrected chi connectivity index (χ2v) is 7.26. The molecule has 0 amide bonds. The summed E-state index contributed by atoms with van der Waals surface area (Å²) in [7, 11) is 0. The second kappa shape index (κ2) is 21.0. The maximum absolute atomic E-state index is 5.74. The van der Waals surface area contributed by atoms with E-state index < -0.39 is 0 Å². The Morgan fingerprint density at radius 2 is 0.750 bits per heavy atom. The van der Waals surface area contributed by atoms with Crippen molar-refractivity contribution in [3.8, 4) is 0 Å². The lowest BCUT2D eigenvalue weighted by Gasteiger charge is -2.14. The van der Waals surface area contributed by atoms with Crippen molar-refractivity contribution in [1.82, 2.24) is 0 Å². The fraction of sp³-hybridized carbons (Fsp3) is 1.00. The van der Waals surface area contributed by atoms with Gasteiger partial charge in [0.25, 0.3) is 0 Å². The summed E-state index contributed by atoms with van der Waals surface area (Å²) in [6, 6.07) is 0. The zero-order valence-electron chi connectivity index (χ0n) is 17.1. The van der Waals surface area contributed by atoms with Crippen LogP contribution in [0, 0.1) is 0 Å². The smallest absolute Gasteiger partial charge is 0.154 e. The maximum Gasteiger partial charge on any atom is 0.154 e. The Bertz CT molecular complexity index is 196. The Kier molecular flexibility index (Phi) is 20.9. The van der Waals surface area contributed by atoms with Crippen LogP contribution in [0.25, 0.3) is 0 Å². The normalized spacial score (nSPS) is 11.5. The Hall–Kier alpha value is -0.0800. The number of hydrogen-bond donors (Lipinski definition) is 0. The topological polar surface area (TPSA) is 18.5 Å². The van der Waals surface area contributed by atoms with Crippen LogP contribution in [0.1, 0.15) is 124 Å². The molecule has 0 atom stereocenters. The largest absolute Gasteiger partial charge is 0.353 e. The van der Waals surface area contributed by atoms with Gasteiger partial charge in [0.05, 0.1) is 0 Å². The van der Waals surface area contributed by atoms with Crippen molar-refractivity contribution in [3.05, 3.63) is 0 Å². The first-order chi connectivity index (χ1) is 11.8. The standard InChI is InChI=1S/C22H46O2/c1-4-6-8-10-12-14-16-18-20-23-22(3)24-21-19-17-15-13-11-9-7-5-2/h22H,4-21H2,1-3H3. The lowest BCUT2D eigenvalue weighted by molar-refractivity contribution is -0.131. The molecule has 0 fully saturated rings. The first-order valence-corrected chi connectivity index (χ1v) is 11.0. The molecular weight excluding hydrogens is 296 g/mol. The van der Waals surface area contributed by atoms with Gasteiger partial charge in [-0.3, -0.25) is 0 Å². The van der Waals surface area contributed by atoms with Crippen molar-refractivity contribution in [1.29, 1.82) is 0 Å². The average Bonchev–Trinajstić information content (AvgIpc) is 2.59. The predicted octanol–water partition coefficient (Wildman–Crippen LogP) is 7.65. The van der Waals surface area contributed by atoms with Crippen LogP contribution < -0.4 is 0 Å². The molecule has 0 spiro atoms. The van der Waals surface area contributed by atoms with Gasteiger partial charge in [0.2, 0.25) is 0 Å². The molecule has 0 aromatic carbocycles. The second-order valence-electron chi connectivity index (χ2n) is 7.26. The third-order valence-corrected chi connectivity index (χ3v) is 4.70. The average molecular weight is 343 g/mol. The summed E-state index contributed by atoms with van der Waals surface area (Å²) < 4.78 is 11.5. The van der Waals surface area contributed by atoms with Crippen molar-refractivity contribution >= 4 is 0 Å². The molecule has 0 aliphatic heterocycles. The molecule has 2 heteroatoms. The third kappa shape index (κ3) is 20.0. The van der Waals surface area contributed by atoms with Crippen molar-refractivity contribution < 1.29 is 9.47 Å². The van der Waals surface area contributed by atoms with Crippen molar-refractivity contribution in [2.24, 2.45) is 0 Å². The van der Waals surface area contributed by atoms with Crippen LogP contribution in [0.3, 0.4) is 0 Å². The highest BCUT2D eigenvalue weighted by atomic mass is 16.7. The fourth-order valence-electron chi connectivity index (χ4n) is 3.02. The van der Waals surface area contributed by atoms with E-state index in [4.69, 9.17) is 9.47 Å². The van der Waals surface area contributed by atoms with Gasteiger partial charge in [0.15, 0.2) is 6.29 Å². The van der Waals surface area contributed by atoms with Crippen LogP contribution in [0.2, 0.25) is 0 Å². The molecule has 0 radical (unpaired) electrons. The third-order valence-electron chi connectivity index (χ3n) is 4.70. The molecule has 0 heterocycles. The number of ether oxygens (including phenoxy) is 2. The fourth-order valence-corrected chi connectivity index (χ4v) is 3.02. The molecule has 0 aliphatic carbocycles. The van der Waals surface area contributed by atoms with Gasteiger partial charge in [-0.05, 0) is 19.8 Å². The zero-order valence-corrected chi connectivity index (χ0v) is 17.1. The summed E-state index contributed by atoms with van der Waals surface area (Å²) in [5.41, 5.74) is 0. The van der Waals surface area contributed by atoms with Crippen molar-refractivity contribution in [3.63, 3.8) is 0 Å². The van der Waals surface area contributed by atoms with Crippen LogP contribution in [-0.4, -0.2) is 19.5 Å². The summed E-state index contributed by atoms with van der Waals surface area (Å²) in [6.07, 6.45) is 21.6. The first kappa shape index (κ1) is 23.9. The van der Waals surface area contributed by atoms with E-state index in [2.05, 4.69) is 13.8 Å². The van der Waals surface area contributed by atoms with Crippen LogP contribution in [-0.2, 0) is 9.47 Å². The monoisotopic (exact) mass is 342 g/mol. The van der Waals surface area contributed by atoms with Crippen LogP contribution in [0.5, 0.6) is 0 Å². The van der Waals surface area contributed by atoms with Crippen LogP contribution >= 0.6 is 0 Å². The number of hydrogen-bond acceptors (Lipinski definition) is 2. The van der Waals surface area contributed by atoms with E-state index >= 15 is 0 Å². The highest BCUT2D eigenvalue weighted by Gasteiger charge is 2.01. The van der Waals surface area contributed by atoms with E-state index in [1.54, 1.807) is 0 Å². The van der Waals surface area contributed by atoms with E-state index in [1.807, 2.05) is 6.92 Å². The Morgan fingerprint density at radius 1 is 0.458 bits per heavy atom. The van der Waals surface area contributed by atoms with E-state index in [0.717, 1.165) is 13.2 Å². The maximum atomic E-state index is 5.74. The highest BCUT2D eigenvalue weighted by molar-refractivity contribution is 4.47. The molecule has 0 saturated carbocycles. The molecule has 146 valence electrons.